The molecule has 0 aliphatic carbocycles. The van der Waals surface area contributed by atoms with Crippen molar-refractivity contribution in [2.75, 3.05) is 5.33 Å². The Bertz CT molecular complexity index is 397. The zero-order valence-electron chi connectivity index (χ0n) is 7.61. The molecule has 0 saturated carbocycles. The van der Waals surface area contributed by atoms with Crippen molar-refractivity contribution < 1.29 is 4.52 Å². The molecule has 0 radical (unpaired) electrons. The van der Waals surface area contributed by atoms with E-state index in [0.717, 1.165) is 28.8 Å². The first-order valence-corrected chi connectivity index (χ1v) is 5.59. The van der Waals surface area contributed by atoms with E-state index in [0.29, 0.717) is 0 Å². The molecule has 1 aromatic carbocycles. The van der Waals surface area contributed by atoms with Gasteiger partial charge >= 0.3 is 0 Å². The molecular formula is C11H10BrNO. The number of alkyl halides is 1. The molecule has 1 heterocycles. The van der Waals surface area contributed by atoms with Crippen LogP contribution in [0.3, 0.4) is 0 Å². The highest BCUT2D eigenvalue weighted by Crippen LogP contribution is 2.18. The second-order valence-electron chi connectivity index (χ2n) is 2.98. The molecule has 0 unspecified atom stereocenters. The maximum absolute atomic E-state index is 5.18. The molecule has 72 valence electrons. The second-order valence-corrected chi connectivity index (χ2v) is 3.78. The molecule has 14 heavy (non-hydrogen) atoms. The van der Waals surface area contributed by atoms with Gasteiger partial charge in [-0.25, -0.2) is 0 Å². The third-order valence-electron chi connectivity index (χ3n) is 1.97. The normalized spacial score (nSPS) is 10.4. The van der Waals surface area contributed by atoms with Gasteiger partial charge in [0.25, 0.3) is 0 Å². The SMILES string of the molecule is BrCCc1cc(-c2ccccc2)no1. The molecule has 0 spiro atoms. The van der Waals surface area contributed by atoms with Gasteiger partial charge in [-0.15, -0.1) is 0 Å². The second kappa shape index (κ2) is 4.42. The third kappa shape index (κ3) is 2.04. The smallest absolute Gasteiger partial charge is 0.138 e. The highest BCUT2D eigenvalue weighted by molar-refractivity contribution is 9.09. The summed E-state index contributed by atoms with van der Waals surface area (Å²) >= 11 is 3.36. The fourth-order valence-electron chi connectivity index (χ4n) is 1.27. The molecule has 3 heteroatoms. The van der Waals surface area contributed by atoms with Crippen LogP contribution in [-0.2, 0) is 6.42 Å². The summed E-state index contributed by atoms with van der Waals surface area (Å²) < 4.78 is 5.18. The zero-order valence-corrected chi connectivity index (χ0v) is 9.20. The van der Waals surface area contributed by atoms with E-state index in [1.165, 1.54) is 0 Å². The third-order valence-corrected chi connectivity index (χ3v) is 2.37. The van der Waals surface area contributed by atoms with Crippen molar-refractivity contribution in [1.29, 1.82) is 0 Å². The van der Waals surface area contributed by atoms with E-state index in [9.17, 15) is 0 Å². The minimum absolute atomic E-state index is 0.875. The van der Waals surface area contributed by atoms with Crippen molar-refractivity contribution in [2.24, 2.45) is 0 Å². The standard InChI is InChI=1S/C11H10BrNO/c12-7-6-10-8-11(13-14-10)9-4-2-1-3-5-9/h1-5,8H,6-7H2. The van der Waals surface area contributed by atoms with E-state index in [4.69, 9.17) is 4.52 Å². The van der Waals surface area contributed by atoms with E-state index in [-0.39, 0.29) is 0 Å². The highest BCUT2D eigenvalue weighted by Gasteiger charge is 2.04. The molecular weight excluding hydrogens is 242 g/mol. The van der Waals surface area contributed by atoms with Crippen molar-refractivity contribution in [3.05, 3.63) is 42.2 Å². The Kier molecular flexibility index (Phi) is 2.99. The summed E-state index contributed by atoms with van der Waals surface area (Å²) in [4.78, 5) is 0. The molecule has 0 amide bonds. The van der Waals surface area contributed by atoms with Crippen LogP contribution in [-0.4, -0.2) is 10.5 Å². The maximum Gasteiger partial charge on any atom is 0.138 e. The Morgan fingerprint density at radius 2 is 2.00 bits per heavy atom. The average Bonchev–Trinajstić information content (AvgIpc) is 2.68. The van der Waals surface area contributed by atoms with Crippen molar-refractivity contribution in [2.45, 2.75) is 6.42 Å². The predicted molar refractivity (Wildman–Crippen MR) is 59.4 cm³/mol. The number of nitrogens with zero attached hydrogens (tertiary/aromatic N) is 1. The van der Waals surface area contributed by atoms with Gasteiger partial charge in [0.2, 0.25) is 0 Å². The van der Waals surface area contributed by atoms with Crippen LogP contribution in [0.15, 0.2) is 40.9 Å². The largest absolute Gasteiger partial charge is 0.361 e. The monoisotopic (exact) mass is 251 g/mol. The van der Waals surface area contributed by atoms with Crippen LogP contribution in [0.25, 0.3) is 11.3 Å². The van der Waals surface area contributed by atoms with E-state index in [1.807, 2.05) is 36.4 Å². The maximum atomic E-state index is 5.18. The predicted octanol–water partition coefficient (Wildman–Crippen LogP) is 3.28. The lowest BCUT2D eigenvalue weighted by Crippen LogP contribution is -1.79. The van der Waals surface area contributed by atoms with Crippen LogP contribution in [0.5, 0.6) is 0 Å². The minimum Gasteiger partial charge on any atom is -0.361 e. The van der Waals surface area contributed by atoms with E-state index < -0.39 is 0 Å². The number of hydrogen-bond acceptors (Lipinski definition) is 2. The first kappa shape index (κ1) is 9.46. The first-order valence-electron chi connectivity index (χ1n) is 4.47. The molecule has 2 rings (SSSR count). The lowest BCUT2D eigenvalue weighted by atomic mass is 10.1. The summed E-state index contributed by atoms with van der Waals surface area (Å²) in [5.41, 5.74) is 2.00. The summed E-state index contributed by atoms with van der Waals surface area (Å²) in [6.07, 6.45) is 0.875. The molecule has 0 fully saturated rings. The van der Waals surface area contributed by atoms with Gasteiger partial charge in [0.05, 0.1) is 0 Å². The van der Waals surface area contributed by atoms with Gasteiger partial charge < -0.3 is 4.52 Å². The Hall–Kier alpha value is -1.09. The van der Waals surface area contributed by atoms with Gasteiger partial charge in [-0.1, -0.05) is 51.4 Å². The molecule has 0 bridgehead atoms. The summed E-state index contributed by atoms with van der Waals surface area (Å²) in [6, 6.07) is 12.0. The Morgan fingerprint density at radius 1 is 1.21 bits per heavy atom. The molecule has 0 saturated heterocycles. The van der Waals surface area contributed by atoms with Crippen molar-refractivity contribution in [3.8, 4) is 11.3 Å². The fraction of sp³-hybridized carbons (Fsp3) is 0.182. The number of benzene rings is 1. The summed E-state index contributed by atoms with van der Waals surface area (Å²) in [7, 11) is 0. The van der Waals surface area contributed by atoms with E-state index in [2.05, 4.69) is 21.1 Å². The molecule has 0 atom stereocenters. The summed E-state index contributed by atoms with van der Waals surface area (Å²) in [5, 5.41) is 4.91. The van der Waals surface area contributed by atoms with Gasteiger partial charge in [-0.2, -0.15) is 0 Å². The lowest BCUT2D eigenvalue weighted by molar-refractivity contribution is 0.390. The first-order chi connectivity index (χ1) is 6.90. The number of hydrogen-bond donors (Lipinski definition) is 0. The van der Waals surface area contributed by atoms with Gasteiger partial charge in [-0.05, 0) is 0 Å². The molecule has 0 aliphatic rings. The topological polar surface area (TPSA) is 26.0 Å². The van der Waals surface area contributed by atoms with E-state index in [1.54, 1.807) is 0 Å². The van der Waals surface area contributed by atoms with Crippen molar-refractivity contribution in [3.63, 3.8) is 0 Å². The fourth-order valence-corrected chi connectivity index (χ4v) is 1.66. The average molecular weight is 252 g/mol. The zero-order chi connectivity index (χ0) is 9.80. The number of aryl methyl sites for hydroxylation is 1. The highest BCUT2D eigenvalue weighted by atomic mass is 79.9. The minimum atomic E-state index is 0.875. The summed E-state index contributed by atoms with van der Waals surface area (Å²) in [5.74, 6) is 0.917. The molecule has 0 N–H and O–H groups in total. The Balaban J connectivity index is 2.25. The molecule has 2 aromatic rings. The van der Waals surface area contributed by atoms with Crippen LogP contribution in [0.4, 0.5) is 0 Å². The summed E-state index contributed by atoms with van der Waals surface area (Å²) in [6.45, 7) is 0. The Labute approximate surface area is 91.1 Å². The van der Waals surface area contributed by atoms with Gasteiger partial charge in [0.15, 0.2) is 0 Å². The number of rotatable bonds is 3. The van der Waals surface area contributed by atoms with E-state index >= 15 is 0 Å². The van der Waals surface area contributed by atoms with Crippen LogP contribution in [0.1, 0.15) is 5.76 Å². The molecule has 1 aromatic heterocycles. The van der Waals surface area contributed by atoms with Gasteiger partial charge in [0, 0.05) is 23.4 Å². The lowest BCUT2D eigenvalue weighted by Gasteiger charge is -1.91. The van der Waals surface area contributed by atoms with Crippen LogP contribution in [0.2, 0.25) is 0 Å². The quantitative estimate of drug-likeness (QED) is 0.783. The molecule has 2 nitrogen and oxygen atoms in total. The van der Waals surface area contributed by atoms with Crippen LogP contribution in [0, 0.1) is 0 Å². The number of aromatic nitrogens is 1. The number of halogens is 1. The van der Waals surface area contributed by atoms with Gasteiger partial charge in [-0.3, -0.25) is 0 Å². The van der Waals surface area contributed by atoms with Crippen molar-refractivity contribution in [1.82, 2.24) is 5.16 Å². The Morgan fingerprint density at radius 3 is 2.71 bits per heavy atom. The molecule has 0 aliphatic heterocycles. The van der Waals surface area contributed by atoms with Crippen LogP contribution < -0.4 is 0 Å². The van der Waals surface area contributed by atoms with Gasteiger partial charge in [0.1, 0.15) is 11.5 Å². The van der Waals surface area contributed by atoms with Crippen molar-refractivity contribution >= 4 is 15.9 Å². The van der Waals surface area contributed by atoms with Crippen LogP contribution >= 0.6 is 15.9 Å².